The van der Waals surface area contributed by atoms with Crippen molar-refractivity contribution in [3.63, 3.8) is 0 Å². The van der Waals surface area contributed by atoms with E-state index in [1.807, 2.05) is 0 Å². The average Bonchev–Trinajstić information content (AvgIpc) is 3.13. The van der Waals surface area contributed by atoms with Gasteiger partial charge in [-0.1, -0.05) is 60.4 Å². The van der Waals surface area contributed by atoms with Crippen molar-refractivity contribution < 1.29 is 16.8 Å². The lowest BCUT2D eigenvalue weighted by Gasteiger charge is -2.15. The maximum absolute atomic E-state index is 13.7. The van der Waals surface area contributed by atoms with Crippen LogP contribution in [0.5, 0.6) is 0 Å². The van der Waals surface area contributed by atoms with Crippen molar-refractivity contribution in [2.24, 2.45) is 25.4 Å². The highest BCUT2D eigenvalue weighted by Crippen LogP contribution is 2.80. The monoisotopic (exact) mass is 389 g/mol. The second kappa shape index (κ2) is 6.42. The summed E-state index contributed by atoms with van der Waals surface area (Å²) in [4.78, 5) is 0. The van der Waals surface area contributed by atoms with E-state index in [2.05, 4.69) is 36.7 Å². The number of allylic oxidation sites excluding steroid dienone is 8. The smallest absolute Gasteiger partial charge is 0.161 e. The van der Waals surface area contributed by atoms with Gasteiger partial charge in [0.25, 0.3) is 0 Å². The number of rotatable bonds is 0. The molecule has 124 valence electrons. The van der Waals surface area contributed by atoms with Gasteiger partial charge in [-0.25, -0.2) is 0 Å². The summed E-state index contributed by atoms with van der Waals surface area (Å²) in [7, 11) is -14.8. The minimum Gasteiger partial charge on any atom is -0.161 e. The Balaban J connectivity index is 2.13. The van der Waals surface area contributed by atoms with Crippen LogP contribution in [0.15, 0.2) is 62.2 Å². The number of hydrogen-bond acceptors (Lipinski definition) is 3. The van der Waals surface area contributed by atoms with E-state index in [0.29, 0.717) is 0 Å². The van der Waals surface area contributed by atoms with Crippen LogP contribution in [-0.2, 0) is 0 Å². The van der Waals surface area contributed by atoms with E-state index in [1.54, 1.807) is 48.6 Å². The first-order valence-electron chi connectivity index (χ1n) is 6.73. The zero-order valence-electron chi connectivity index (χ0n) is 12.0. The van der Waals surface area contributed by atoms with E-state index in [9.17, 15) is 16.8 Å². The average molecular weight is 389 g/mol. The van der Waals surface area contributed by atoms with Gasteiger partial charge in [-0.3, -0.25) is 0 Å². The first-order chi connectivity index (χ1) is 11.3. The standard InChI is InChI=1S/C14H10F4N3P3/c15-23(16)19-22(20-24(17,18)21-23,11-9-13-5-1-2-6-13)12-10-14-7-3-4-8-14/h1-8,13-14H. The van der Waals surface area contributed by atoms with Crippen molar-refractivity contribution in [2.45, 2.75) is 0 Å². The van der Waals surface area contributed by atoms with Crippen molar-refractivity contribution in [1.29, 1.82) is 0 Å². The Morgan fingerprint density at radius 1 is 0.625 bits per heavy atom. The van der Waals surface area contributed by atoms with Crippen molar-refractivity contribution in [1.82, 2.24) is 0 Å². The third-order valence-corrected chi connectivity index (χ3v) is 9.36. The molecule has 0 aromatic heterocycles. The first-order valence-corrected chi connectivity index (χ1v) is 11.4. The lowest BCUT2D eigenvalue weighted by molar-refractivity contribution is 0.701. The predicted molar refractivity (Wildman–Crippen MR) is 91.6 cm³/mol. The predicted octanol–water partition coefficient (Wildman–Crippen LogP) is 7.29. The Labute approximate surface area is 137 Å². The third-order valence-electron chi connectivity index (χ3n) is 2.96. The number of halogens is 4. The van der Waals surface area contributed by atoms with Crippen molar-refractivity contribution >= 4 is 22.9 Å². The van der Waals surface area contributed by atoms with Crippen molar-refractivity contribution in [3.05, 3.63) is 48.6 Å². The molecule has 0 amide bonds. The lowest BCUT2D eigenvalue weighted by atomic mass is 10.2. The SMILES string of the molecule is FP1(F)=NP(F)(F)=NP(C#CC2C=CC=C2)(C#CC2C=CC=C2)=N1. The zero-order chi connectivity index (χ0) is 17.3. The number of nitrogens with zero attached hydrogens (tertiary/aromatic N) is 3. The van der Waals surface area contributed by atoms with Gasteiger partial charge in [0.05, 0.1) is 11.8 Å². The molecule has 0 atom stereocenters. The Kier molecular flexibility index (Phi) is 4.63. The van der Waals surface area contributed by atoms with Crippen LogP contribution in [0.1, 0.15) is 0 Å². The van der Waals surface area contributed by atoms with Gasteiger partial charge >= 0.3 is 15.7 Å². The van der Waals surface area contributed by atoms with Gasteiger partial charge in [0.15, 0.2) is 0 Å². The van der Waals surface area contributed by atoms with Crippen LogP contribution in [0.2, 0.25) is 0 Å². The summed E-state index contributed by atoms with van der Waals surface area (Å²) in [6.07, 6.45) is 13.8. The van der Waals surface area contributed by atoms with E-state index in [-0.39, 0.29) is 11.8 Å². The molecule has 1 heterocycles. The van der Waals surface area contributed by atoms with E-state index >= 15 is 0 Å². The summed E-state index contributed by atoms with van der Waals surface area (Å²) in [6.45, 7) is 0. The van der Waals surface area contributed by atoms with Crippen LogP contribution in [0.3, 0.4) is 0 Å². The molecule has 0 aromatic carbocycles. The second-order valence-corrected chi connectivity index (χ2v) is 10.5. The van der Waals surface area contributed by atoms with Gasteiger partial charge in [-0.15, -0.1) is 21.3 Å². The Morgan fingerprint density at radius 3 is 1.46 bits per heavy atom. The molecular weight excluding hydrogens is 379 g/mol. The van der Waals surface area contributed by atoms with Crippen LogP contribution in [0.25, 0.3) is 0 Å². The molecule has 2 aliphatic carbocycles. The molecule has 0 fully saturated rings. The van der Waals surface area contributed by atoms with E-state index < -0.39 is 22.9 Å². The summed E-state index contributed by atoms with van der Waals surface area (Å²) in [6, 6.07) is 0. The fourth-order valence-electron chi connectivity index (χ4n) is 2.00. The Hall–Kier alpha value is -1.51. The third kappa shape index (κ3) is 4.31. The molecule has 3 aliphatic rings. The number of hydrogen-bond donors (Lipinski definition) is 0. The molecule has 0 saturated carbocycles. The summed E-state index contributed by atoms with van der Waals surface area (Å²) in [5.74, 6) is 4.67. The minimum atomic E-state index is -5.47. The van der Waals surface area contributed by atoms with Gasteiger partial charge in [0.2, 0.25) is 7.21 Å². The van der Waals surface area contributed by atoms with Gasteiger partial charge in [-0.05, 0) is 11.3 Å². The summed E-state index contributed by atoms with van der Waals surface area (Å²) < 4.78 is 63.5. The fraction of sp³-hybridized carbons (Fsp3) is 0.143. The van der Waals surface area contributed by atoms with Crippen molar-refractivity contribution in [2.75, 3.05) is 0 Å². The topological polar surface area (TPSA) is 37.1 Å². The van der Waals surface area contributed by atoms with Gasteiger partial charge in [0, 0.05) is 0 Å². The molecule has 0 radical (unpaired) electrons. The highest BCUT2D eigenvalue weighted by molar-refractivity contribution is 7.86. The maximum atomic E-state index is 13.7. The van der Waals surface area contributed by atoms with E-state index in [4.69, 9.17) is 0 Å². The summed E-state index contributed by atoms with van der Waals surface area (Å²) >= 11 is 0. The molecule has 3 nitrogen and oxygen atoms in total. The molecule has 0 N–H and O–H groups in total. The molecule has 0 unspecified atom stereocenters. The quantitative estimate of drug-likeness (QED) is 0.237. The molecule has 3 rings (SSSR count). The fourth-order valence-corrected chi connectivity index (χ4v) is 8.35. The molecule has 0 spiro atoms. The van der Waals surface area contributed by atoms with Crippen molar-refractivity contribution in [3.8, 4) is 23.2 Å². The van der Waals surface area contributed by atoms with E-state index in [1.165, 1.54) is 0 Å². The highest BCUT2D eigenvalue weighted by Gasteiger charge is 2.37. The lowest BCUT2D eigenvalue weighted by Crippen LogP contribution is -1.85. The Bertz CT molecular complexity index is 889. The van der Waals surface area contributed by atoms with Gasteiger partial charge < -0.3 is 0 Å². The van der Waals surface area contributed by atoms with E-state index in [0.717, 1.165) is 0 Å². The van der Waals surface area contributed by atoms with Crippen LogP contribution < -0.4 is 0 Å². The highest BCUT2D eigenvalue weighted by atomic mass is 31.3. The van der Waals surface area contributed by atoms with Crippen LogP contribution >= 0.6 is 22.9 Å². The molecular formula is C14H10F4N3P3. The van der Waals surface area contributed by atoms with Crippen LogP contribution in [0.4, 0.5) is 16.8 Å². The molecule has 24 heavy (non-hydrogen) atoms. The van der Waals surface area contributed by atoms with Crippen LogP contribution in [-0.4, -0.2) is 0 Å². The van der Waals surface area contributed by atoms with Gasteiger partial charge in [0.1, 0.15) is 0 Å². The van der Waals surface area contributed by atoms with Crippen LogP contribution in [0, 0.1) is 35.0 Å². The zero-order valence-corrected chi connectivity index (χ0v) is 14.7. The molecule has 0 aromatic rings. The largest absolute Gasteiger partial charge is 0.422 e. The second-order valence-electron chi connectivity index (χ2n) is 4.88. The summed E-state index contributed by atoms with van der Waals surface area (Å²) in [5, 5.41) is 0. The minimum absolute atomic E-state index is 0.335. The normalized spacial score (nSPS) is 25.0. The molecule has 1 aliphatic heterocycles. The Morgan fingerprint density at radius 2 is 1.04 bits per heavy atom. The maximum Gasteiger partial charge on any atom is 0.422 e. The molecule has 0 bridgehead atoms. The van der Waals surface area contributed by atoms with Gasteiger partial charge in [-0.2, -0.15) is 9.03 Å². The first kappa shape index (κ1) is 17.3. The summed E-state index contributed by atoms with van der Waals surface area (Å²) in [5.41, 5.74) is 4.90. The molecule has 10 heteroatoms. The molecule has 0 saturated heterocycles.